The van der Waals surface area contributed by atoms with Gasteiger partial charge in [0.2, 0.25) is 0 Å². The van der Waals surface area contributed by atoms with Crippen molar-refractivity contribution in [1.82, 2.24) is 5.43 Å². The second kappa shape index (κ2) is 8.84. The molecule has 0 radical (unpaired) electrons. The van der Waals surface area contributed by atoms with Crippen LogP contribution < -0.4 is 20.6 Å². The molecule has 3 N–H and O–H groups in total. The van der Waals surface area contributed by atoms with Crippen LogP contribution in [0, 0.1) is 0 Å². The molecule has 0 saturated carbocycles. The molecule has 2 rings (SSSR count). The SMILES string of the molecule is COc1cc(/C=N/NC(=O)c2ccc(Br)cc2)ccc1OCC(N)=O. The molecule has 0 bridgehead atoms. The Morgan fingerprint density at radius 1 is 1.20 bits per heavy atom. The van der Waals surface area contributed by atoms with Crippen molar-refractivity contribution in [3.63, 3.8) is 0 Å². The number of nitrogens with one attached hydrogen (secondary N) is 1. The zero-order valence-corrected chi connectivity index (χ0v) is 14.9. The normalized spacial score (nSPS) is 10.5. The van der Waals surface area contributed by atoms with E-state index in [1.54, 1.807) is 42.5 Å². The van der Waals surface area contributed by atoms with Crippen molar-refractivity contribution < 1.29 is 19.1 Å². The van der Waals surface area contributed by atoms with Crippen molar-refractivity contribution in [2.24, 2.45) is 10.8 Å². The van der Waals surface area contributed by atoms with E-state index in [0.29, 0.717) is 22.6 Å². The lowest BCUT2D eigenvalue weighted by Gasteiger charge is -2.09. The Balaban J connectivity index is 2.01. The highest BCUT2D eigenvalue weighted by Crippen LogP contribution is 2.27. The standard InChI is InChI=1S/C17H16BrN3O4/c1-24-15-8-11(2-7-14(15)25-10-16(19)22)9-20-21-17(23)12-3-5-13(18)6-4-12/h2-9H,10H2,1H3,(H2,19,22)(H,21,23)/b20-9+. The summed E-state index contributed by atoms with van der Waals surface area (Å²) >= 11 is 3.31. The molecule has 0 saturated heterocycles. The number of halogens is 1. The molecule has 0 heterocycles. The molecule has 0 aromatic heterocycles. The van der Waals surface area contributed by atoms with Crippen LogP contribution >= 0.6 is 15.9 Å². The number of hydrogen-bond acceptors (Lipinski definition) is 5. The minimum absolute atomic E-state index is 0.243. The van der Waals surface area contributed by atoms with Crippen LogP contribution in [0.3, 0.4) is 0 Å². The zero-order valence-electron chi connectivity index (χ0n) is 13.4. The third kappa shape index (κ3) is 5.61. The number of primary amides is 1. The summed E-state index contributed by atoms with van der Waals surface area (Å²) in [6, 6.07) is 11.9. The smallest absolute Gasteiger partial charge is 0.271 e. The summed E-state index contributed by atoms with van der Waals surface area (Å²) in [5.41, 5.74) is 8.66. The van der Waals surface area contributed by atoms with E-state index in [1.807, 2.05) is 0 Å². The van der Waals surface area contributed by atoms with Crippen molar-refractivity contribution in [3.05, 3.63) is 58.1 Å². The maximum Gasteiger partial charge on any atom is 0.271 e. The Bertz CT molecular complexity index is 791. The Morgan fingerprint density at radius 2 is 1.92 bits per heavy atom. The Hall–Kier alpha value is -2.87. The average molecular weight is 406 g/mol. The van der Waals surface area contributed by atoms with E-state index in [1.165, 1.54) is 13.3 Å². The van der Waals surface area contributed by atoms with Gasteiger partial charge in [-0.3, -0.25) is 9.59 Å². The van der Waals surface area contributed by atoms with Crippen LogP contribution in [0.25, 0.3) is 0 Å². The van der Waals surface area contributed by atoms with E-state index in [-0.39, 0.29) is 12.5 Å². The number of ether oxygens (including phenoxy) is 2. The first-order chi connectivity index (χ1) is 12.0. The molecule has 2 aromatic carbocycles. The zero-order chi connectivity index (χ0) is 18.2. The number of rotatable bonds is 7. The van der Waals surface area contributed by atoms with Crippen LogP contribution in [0.2, 0.25) is 0 Å². The molecule has 0 unspecified atom stereocenters. The van der Waals surface area contributed by atoms with Crippen molar-refractivity contribution in [2.45, 2.75) is 0 Å². The van der Waals surface area contributed by atoms with Crippen LogP contribution in [0.1, 0.15) is 15.9 Å². The Labute approximate surface area is 152 Å². The van der Waals surface area contributed by atoms with E-state index < -0.39 is 5.91 Å². The summed E-state index contributed by atoms with van der Waals surface area (Å²) in [7, 11) is 1.47. The number of methoxy groups -OCH3 is 1. The molecule has 0 aliphatic rings. The molecular weight excluding hydrogens is 390 g/mol. The van der Waals surface area contributed by atoms with E-state index >= 15 is 0 Å². The van der Waals surface area contributed by atoms with Crippen LogP contribution in [-0.4, -0.2) is 31.7 Å². The molecule has 0 spiro atoms. The number of benzene rings is 2. The minimum Gasteiger partial charge on any atom is -0.493 e. The van der Waals surface area contributed by atoms with Gasteiger partial charge in [0.1, 0.15) is 0 Å². The molecule has 8 heteroatoms. The van der Waals surface area contributed by atoms with Crippen molar-refractivity contribution in [3.8, 4) is 11.5 Å². The van der Waals surface area contributed by atoms with Gasteiger partial charge in [0, 0.05) is 10.0 Å². The van der Waals surface area contributed by atoms with E-state index in [4.69, 9.17) is 15.2 Å². The monoisotopic (exact) mass is 405 g/mol. The molecule has 7 nitrogen and oxygen atoms in total. The van der Waals surface area contributed by atoms with Gasteiger partial charge in [-0.05, 0) is 48.0 Å². The van der Waals surface area contributed by atoms with Gasteiger partial charge in [0.05, 0.1) is 13.3 Å². The molecule has 0 aliphatic carbocycles. The van der Waals surface area contributed by atoms with E-state index in [0.717, 1.165) is 4.47 Å². The molecule has 2 amide bonds. The highest BCUT2D eigenvalue weighted by Gasteiger charge is 2.07. The molecule has 2 aromatic rings. The highest BCUT2D eigenvalue weighted by molar-refractivity contribution is 9.10. The molecule has 0 fully saturated rings. The Morgan fingerprint density at radius 3 is 2.56 bits per heavy atom. The number of amides is 2. The van der Waals surface area contributed by atoms with Crippen molar-refractivity contribution in [2.75, 3.05) is 13.7 Å². The van der Waals surface area contributed by atoms with E-state index in [9.17, 15) is 9.59 Å². The van der Waals surface area contributed by atoms with Gasteiger partial charge in [-0.25, -0.2) is 5.43 Å². The van der Waals surface area contributed by atoms with Crippen molar-refractivity contribution in [1.29, 1.82) is 0 Å². The highest BCUT2D eigenvalue weighted by atomic mass is 79.9. The minimum atomic E-state index is -0.580. The molecule has 130 valence electrons. The lowest BCUT2D eigenvalue weighted by molar-refractivity contribution is -0.119. The van der Waals surface area contributed by atoms with Crippen LogP contribution in [0.15, 0.2) is 52.0 Å². The summed E-state index contributed by atoms with van der Waals surface area (Å²) in [5.74, 6) is -0.0951. The maximum absolute atomic E-state index is 11.9. The first-order valence-corrected chi connectivity index (χ1v) is 7.97. The van der Waals surface area contributed by atoms with Gasteiger partial charge >= 0.3 is 0 Å². The lowest BCUT2D eigenvalue weighted by atomic mass is 10.2. The predicted molar refractivity (Wildman–Crippen MR) is 96.9 cm³/mol. The van der Waals surface area contributed by atoms with Crippen LogP contribution in [0.5, 0.6) is 11.5 Å². The second-order valence-electron chi connectivity index (χ2n) is 4.87. The first kappa shape index (κ1) is 18.5. The van der Waals surface area contributed by atoms with E-state index in [2.05, 4.69) is 26.5 Å². The number of nitrogens with two attached hydrogens (primary N) is 1. The van der Waals surface area contributed by atoms with Gasteiger partial charge in [-0.1, -0.05) is 15.9 Å². The number of hydrazone groups is 1. The molecule has 0 atom stereocenters. The summed E-state index contributed by atoms with van der Waals surface area (Å²) < 4.78 is 11.3. The van der Waals surface area contributed by atoms with Gasteiger partial charge in [0.25, 0.3) is 11.8 Å². The lowest BCUT2D eigenvalue weighted by Crippen LogP contribution is -2.20. The number of carbonyl (C=O) groups is 2. The fraction of sp³-hybridized carbons (Fsp3) is 0.118. The molecule has 25 heavy (non-hydrogen) atoms. The van der Waals surface area contributed by atoms with Crippen molar-refractivity contribution >= 4 is 34.0 Å². The van der Waals surface area contributed by atoms with Gasteiger partial charge in [0.15, 0.2) is 18.1 Å². The van der Waals surface area contributed by atoms with Gasteiger partial charge in [-0.15, -0.1) is 0 Å². The molecular formula is C17H16BrN3O4. The van der Waals surface area contributed by atoms with Crippen LogP contribution in [0.4, 0.5) is 0 Å². The third-order valence-electron chi connectivity index (χ3n) is 3.04. The average Bonchev–Trinajstić information content (AvgIpc) is 2.60. The Kier molecular flexibility index (Phi) is 6.53. The largest absolute Gasteiger partial charge is 0.493 e. The fourth-order valence-electron chi connectivity index (χ4n) is 1.86. The number of nitrogens with zero attached hydrogens (tertiary/aromatic N) is 1. The summed E-state index contributed by atoms with van der Waals surface area (Å²) in [5, 5.41) is 3.91. The molecule has 0 aliphatic heterocycles. The topological polar surface area (TPSA) is 103 Å². The first-order valence-electron chi connectivity index (χ1n) is 7.17. The number of carbonyl (C=O) groups excluding carboxylic acids is 2. The predicted octanol–water partition coefficient (Wildman–Crippen LogP) is 2.09. The maximum atomic E-state index is 11.9. The third-order valence-corrected chi connectivity index (χ3v) is 3.57. The quantitative estimate of drug-likeness (QED) is 0.543. The summed E-state index contributed by atoms with van der Waals surface area (Å²) in [6.07, 6.45) is 1.47. The van der Waals surface area contributed by atoms with Gasteiger partial charge in [-0.2, -0.15) is 5.10 Å². The van der Waals surface area contributed by atoms with Crippen LogP contribution in [-0.2, 0) is 4.79 Å². The second-order valence-corrected chi connectivity index (χ2v) is 5.79. The van der Waals surface area contributed by atoms with Gasteiger partial charge < -0.3 is 15.2 Å². The summed E-state index contributed by atoms with van der Waals surface area (Å²) in [4.78, 5) is 22.7. The number of hydrogen-bond donors (Lipinski definition) is 2. The fourth-order valence-corrected chi connectivity index (χ4v) is 2.13. The summed E-state index contributed by atoms with van der Waals surface area (Å²) in [6.45, 7) is -0.243.